The summed E-state index contributed by atoms with van der Waals surface area (Å²) < 4.78 is 0. The van der Waals surface area contributed by atoms with Gasteiger partial charge in [0.05, 0.1) is 0 Å². The molecule has 0 aliphatic carbocycles. The molecule has 4 N–H and O–H groups in total. The first-order valence-electron chi connectivity index (χ1n) is 17.8. The molecule has 0 aromatic rings. The Morgan fingerprint density at radius 2 is 0.524 bits per heavy atom. The van der Waals surface area contributed by atoms with Crippen molar-refractivity contribution >= 4 is 11.8 Å². The van der Waals surface area contributed by atoms with Crippen molar-refractivity contribution in [3.8, 4) is 0 Å². The normalized spacial score (nSPS) is 12.1. The van der Waals surface area contributed by atoms with Crippen LogP contribution < -0.4 is 11.5 Å². The number of hydrogen-bond acceptors (Lipinski definition) is 2. The molecule has 0 saturated heterocycles. The summed E-state index contributed by atoms with van der Waals surface area (Å²) >= 11 is 0. The number of nitrogens with two attached hydrogens (primary N) is 2. The van der Waals surface area contributed by atoms with Gasteiger partial charge < -0.3 is 11.5 Å². The molecule has 0 atom stereocenters. The molecule has 0 aromatic carbocycles. The van der Waals surface area contributed by atoms with Gasteiger partial charge >= 0.3 is 0 Å². The fourth-order valence-electron chi connectivity index (χ4n) is 5.11. The molecule has 0 bridgehead atoms. The lowest BCUT2D eigenvalue weighted by Crippen LogP contribution is -2.09. The minimum absolute atomic E-state index is 0.170. The van der Waals surface area contributed by atoms with E-state index in [1.807, 2.05) is 0 Å². The van der Waals surface area contributed by atoms with Crippen LogP contribution in [-0.4, -0.2) is 11.8 Å². The van der Waals surface area contributed by atoms with Crippen molar-refractivity contribution in [2.24, 2.45) is 11.5 Å². The maximum Gasteiger partial charge on any atom is 0.217 e. The summed E-state index contributed by atoms with van der Waals surface area (Å²) in [6.07, 6.45) is 52.0. The van der Waals surface area contributed by atoms with Gasteiger partial charge in [0, 0.05) is 12.8 Å². The average molecular weight is 585 g/mol. The summed E-state index contributed by atoms with van der Waals surface area (Å²) in [5.74, 6) is -0.339. The Morgan fingerprint density at radius 1 is 0.310 bits per heavy atom. The third-order valence-corrected chi connectivity index (χ3v) is 7.79. The van der Waals surface area contributed by atoms with Crippen LogP contribution in [0.4, 0.5) is 0 Å². The number of carbonyl (C=O) groups excluding carboxylic acids is 2. The number of unbranched alkanes of at least 4 members (excludes halogenated alkanes) is 22. The first-order chi connectivity index (χ1) is 20.6. The van der Waals surface area contributed by atoms with Gasteiger partial charge in [-0.1, -0.05) is 126 Å². The minimum atomic E-state index is -0.170. The first kappa shape index (κ1) is 39.9. The summed E-state index contributed by atoms with van der Waals surface area (Å²) in [4.78, 5) is 21.4. The molecular weight excluding hydrogens is 516 g/mol. The molecule has 242 valence electrons. The second-order valence-electron chi connectivity index (χ2n) is 12.0. The van der Waals surface area contributed by atoms with Crippen molar-refractivity contribution in [3.63, 3.8) is 0 Å². The zero-order chi connectivity index (χ0) is 30.6. The Bertz CT molecular complexity index is 648. The van der Waals surface area contributed by atoms with E-state index >= 15 is 0 Å². The van der Waals surface area contributed by atoms with Gasteiger partial charge in [0.1, 0.15) is 0 Å². The SMILES string of the molecule is NC(=O)CCCCCCCC=CCCCCCCCC=CC=CCCCCCCCC=CCCCCCCCC(N)=O. The highest BCUT2D eigenvalue weighted by Crippen LogP contribution is 2.12. The Morgan fingerprint density at radius 3 is 0.786 bits per heavy atom. The van der Waals surface area contributed by atoms with Gasteiger partial charge in [-0.05, 0) is 89.9 Å². The predicted octanol–water partition coefficient (Wildman–Crippen LogP) is 11.1. The second kappa shape index (κ2) is 35.1. The van der Waals surface area contributed by atoms with Crippen molar-refractivity contribution in [1.29, 1.82) is 0 Å². The van der Waals surface area contributed by atoms with E-state index in [1.165, 1.54) is 141 Å². The molecule has 0 spiro atoms. The van der Waals surface area contributed by atoms with E-state index in [1.54, 1.807) is 0 Å². The molecule has 0 fully saturated rings. The maximum absolute atomic E-state index is 10.7. The van der Waals surface area contributed by atoms with Crippen LogP contribution in [0.5, 0.6) is 0 Å². The first-order valence-corrected chi connectivity index (χ1v) is 17.8. The van der Waals surface area contributed by atoms with Crippen LogP contribution in [0, 0.1) is 0 Å². The van der Waals surface area contributed by atoms with Crippen molar-refractivity contribution in [1.82, 2.24) is 0 Å². The van der Waals surface area contributed by atoms with E-state index in [0.29, 0.717) is 12.8 Å². The van der Waals surface area contributed by atoms with Crippen molar-refractivity contribution in [2.75, 3.05) is 0 Å². The molecular formula is C38H68N2O2. The molecule has 42 heavy (non-hydrogen) atoms. The van der Waals surface area contributed by atoms with Crippen molar-refractivity contribution < 1.29 is 9.59 Å². The Balaban J connectivity index is 3.26. The van der Waals surface area contributed by atoms with E-state index < -0.39 is 0 Å². The van der Waals surface area contributed by atoms with E-state index in [2.05, 4.69) is 48.6 Å². The summed E-state index contributed by atoms with van der Waals surface area (Å²) in [5.41, 5.74) is 10.3. The highest BCUT2D eigenvalue weighted by atomic mass is 16.1. The van der Waals surface area contributed by atoms with E-state index in [9.17, 15) is 9.59 Å². The van der Waals surface area contributed by atoms with Crippen LogP contribution in [-0.2, 0) is 9.59 Å². The number of hydrogen-bond donors (Lipinski definition) is 2. The standard InChI is InChI=1S/C38H68N2O2/c39-37(41)35-33-31-29-27-25-23-21-19-17-15-13-11-9-7-5-3-1-2-4-6-8-10-12-14-16-18-20-22-24-26-28-30-32-34-36-38(40)42/h1-4,19-22H,5-18,23-36H2,(H2,39,41)(H2,40,42). The number of amides is 2. The van der Waals surface area contributed by atoms with Crippen LogP contribution >= 0.6 is 0 Å². The molecule has 2 amide bonds. The molecule has 0 unspecified atom stereocenters. The lowest BCUT2D eigenvalue weighted by atomic mass is 10.1. The van der Waals surface area contributed by atoms with Gasteiger partial charge in [0.2, 0.25) is 11.8 Å². The molecule has 0 heterocycles. The van der Waals surface area contributed by atoms with Gasteiger partial charge in [0.15, 0.2) is 0 Å². The summed E-state index contributed by atoms with van der Waals surface area (Å²) in [7, 11) is 0. The monoisotopic (exact) mass is 585 g/mol. The second-order valence-corrected chi connectivity index (χ2v) is 12.0. The van der Waals surface area contributed by atoms with E-state index in [-0.39, 0.29) is 11.8 Å². The van der Waals surface area contributed by atoms with Crippen LogP contribution in [0.2, 0.25) is 0 Å². The third kappa shape index (κ3) is 37.9. The molecule has 0 radical (unpaired) electrons. The fraction of sp³-hybridized carbons (Fsp3) is 0.737. The Labute approximate surface area is 260 Å². The summed E-state index contributed by atoms with van der Waals surface area (Å²) in [5, 5.41) is 0. The predicted molar refractivity (Wildman–Crippen MR) is 184 cm³/mol. The topological polar surface area (TPSA) is 86.2 Å². The largest absolute Gasteiger partial charge is 0.370 e. The smallest absolute Gasteiger partial charge is 0.217 e. The highest BCUT2D eigenvalue weighted by molar-refractivity contribution is 5.73. The van der Waals surface area contributed by atoms with Crippen LogP contribution in [0.25, 0.3) is 0 Å². The number of primary amides is 2. The summed E-state index contributed by atoms with van der Waals surface area (Å²) in [6.45, 7) is 0. The maximum atomic E-state index is 10.7. The average Bonchev–Trinajstić information content (AvgIpc) is 2.96. The minimum Gasteiger partial charge on any atom is -0.370 e. The quantitative estimate of drug-likeness (QED) is 0.0456. The van der Waals surface area contributed by atoms with Crippen molar-refractivity contribution in [2.45, 2.75) is 180 Å². The molecule has 0 saturated carbocycles. The molecule has 0 aromatic heterocycles. The molecule has 0 rings (SSSR count). The lowest BCUT2D eigenvalue weighted by Gasteiger charge is -1.99. The van der Waals surface area contributed by atoms with Gasteiger partial charge in [0.25, 0.3) is 0 Å². The lowest BCUT2D eigenvalue weighted by molar-refractivity contribution is -0.119. The van der Waals surface area contributed by atoms with Crippen LogP contribution in [0.15, 0.2) is 48.6 Å². The Kier molecular flexibility index (Phi) is 33.3. The van der Waals surface area contributed by atoms with Gasteiger partial charge in [-0.15, -0.1) is 0 Å². The van der Waals surface area contributed by atoms with Crippen LogP contribution in [0.3, 0.4) is 0 Å². The van der Waals surface area contributed by atoms with E-state index in [4.69, 9.17) is 11.5 Å². The molecule has 4 nitrogen and oxygen atoms in total. The fourth-order valence-corrected chi connectivity index (χ4v) is 5.11. The van der Waals surface area contributed by atoms with Gasteiger partial charge in [-0.2, -0.15) is 0 Å². The van der Waals surface area contributed by atoms with Gasteiger partial charge in [-0.3, -0.25) is 9.59 Å². The van der Waals surface area contributed by atoms with Gasteiger partial charge in [-0.25, -0.2) is 0 Å². The highest BCUT2D eigenvalue weighted by Gasteiger charge is 1.96. The number of rotatable bonds is 33. The van der Waals surface area contributed by atoms with E-state index in [0.717, 1.165) is 25.7 Å². The number of carbonyl (C=O) groups is 2. The zero-order valence-corrected chi connectivity index (χ0v) is 27.4. The Hall–Kier alpha value is -2.10. The molecule has 0 aliphatic heterocycles. The molecule has 4 heteroatoms. The van der Waals surface area contributed by atoms with Crippen LogP contribution in [0.1, 0.15) is 180 Å². The summed E-state index contributed by atoms with van der Waals surface area (Å²) in [6, 6.07) is 0. The molecule has 0 aliphatic rings. The zero-order valence-electron chi connectivity index (χ0n) is 27.4. The number of allylic oxidation sites excluding steroid dienone is 8. The third-order valence-electron chi connectivity index (χ3n) is 7.79. The van der Waals surface area contributed by atoms with Crippen molar-refractivity contribution in [3.05, 3.63) is 48.6 Å².